The molecule has 2 heterocycles. The van der Waals surface area contributed by atoms with Crippen LogP contribution in [0.15, 0.2) is 54.6 Å². The summed E-state index contributed by atoms with van der Waals surface area (Å²) >= 11 is 0. The topological polar surface area (TPSA) is 57.8 Å². The average Bonchev–Trinajstić information content (AvgIpc) is 3.05. The van der Waals surface area contributed by atoms with Gasteiger partial charge >= 0.3 is 0 Å². The zero-order valence-electron chi connectivity index (χ0n) is 13.5. The minimum atomic E-state index is 0.0122. The van der Waals surface area contributed by atoms with Crippen molar-refractivity contribution in [2.45, 2.75) is 25.7 Å². The molecule has 0 radical (unpaired) electrons. The van der Waals surface area contributed by atoms with Gasteiger partial charge in [0.1, 0.15) is 0 Å². The maximum Gasteiger partial charge on any atom is 0.226 e. The number of nitrogens with zero attached hydrogens (tertiary/aromatic N) is 1. The zero-order valence-corrected chi connectivity index (χ0v) is 13.5. The first-order valence-corrected chi connectivity index (χ1v) is 8.28. The molecule has 0 aliphatic carbocycles. The van der Waals surface area contributed by atoms with Crippen LogP contribution in [-0.4, -0.2) is 16.1 Å². The van der Waals surface area contributed by atoms with Crippen LogP contribution in [0.5, 0.6) is 0 Å². The van der Waals surface area contributed by atoms with Crippen molar-refractivity contribution in [1.82, 2.24) is 10.2 Å². The largest absolute Gasteiger partial charge is 0.309 e. The molecule has 4 nitrogen and oxygen atoms in total. The molecule has 4 heteroatoms. The third-order valence-corrected chi connectivity index (χ3v) is 4.65. The summed E-state index contributed by atoms with van der Waals surface area (Å²) in [5.41, 5.74) is 5.59. The Morgan fingerprint density at radius 1 is 1.08 bits per heavy atom. The first-order valence-electron chi connectivity index (χ1n) is 8.28. The van der Waals surface area contributed by atoms with Crippen LogP contribution in [0.1, 0.15) is 36.0 Å². The predicted octanol–water partition coefficient (Wildman–Crippen LogP) is 4.11. The molecule has 1 aliphatic rings. The molecule has 1 aromatic heterocycles. The van der Waals surface area contributed by atoms with Gasteiger partial charge in [0, 0.05) is 17.9 Å². The van der Waals surface area contributed by atoms with Crippen molar-refractivity contribution < 1.29 is 4.79 Å². The van der Waals surface area contributed by atoms with Gasteiger partial charge in [-0.25, -0.2) is 0 Å². The van der Waals surface area contributed by atoms with Crippen LogP contribution < -0.4 is 5.32 Å². The molecule has 2 aromatic carbocycles. The van der Waals surface area contributed by atoms with Gasteiger partial charge < -0.3 is 5.32 Å². The van der Waals surface area contributed by atoms with Crippen molar-refractivity contribution in [2.24, 2.45) is 0 Å². The smallest absolute Gasteiger partial charge is 0.226 e. The molecule has 0 saturated heterocycles. The predicted molar refractivity (Wildman–Crippen MR) is 94.9 cm³/mol. The number of hydrogen-bond acceptors (Lipinski definition) is 2. The SMILES string of the molecule is CCc1ccc([C@H]2CC(=O)Nc3n[nH]c(-c4ccccc4)c32)cc1. The van der Waals surface area contributed by atoms with E-state index < -0.39 is 0 Å². The number of H-pyrrole nitrogens is 1. The van der Waals surface area contributed by atoms with E-state index in [2.05, 4.69) is 58.8 Å². The molecule has 0 unspecified atom stereocenters. The Morgan fingerprint density at radius 3 is 2.54 bits per heavy atom. The quantitative estimate of drug-likeness (QED) is 0.763. The number of anilines is 1. The Morgan fingerprint density at radius 2 is 1.83 bits per heavy atom. The third-order valence-electron chi connectivity index (χ3n) is 4.65. The summed E-state index contributed by atoms with van der Waals surface area (Å²) in [5.74, 6) is 0.682. The summed E-state index contributed by atoms with van der Waals surface area (Å²) in [6.07, 6.45) is 1.45. The fraction of sp³-hybridized carbons (Fsp3) is 0.200. The number of aromatic amines is 1. The van der Waals surface area contributed by atoms with Crippen molar-refractivity contribution in [3.05, 3.63) is 71.3 Å². The van der Waals surface area contributed by atoms with E-state index in [0.29, 0.717) is 12.2 Å². The monoisotopic (exact) mass is 317 g/mol. The van der Waals surface area contributed by atoms with Crippen LogP contribution in [0.25, 0.3) is 11.3 Å². The molecule has 1 aliphatic heterocycles. The van der Waals surface area contributed by atoms with E-state index in [1.165, 1.54) is 5.56 Å². The Labute approximate surface area is 140 Å². The van der Waals surface area contributed by atoms with Crippen LogP contribution in [0.3, 0.4) is 0 Å². The number of nitrogens with one attached hydrogen (secondary N) is 2. The van der Waals surface area contributed by atoms with Gasteiger partial charge in [-0.2, -0.15) is 5.10 Å². The summed E-state index contributed by atoms with van der Waals surface area (Å²) in [5, 5.41) is 10.3. The first-order chi connectivity index (χ1) is 11.8. The summed E-state index contributed by atoms with van der Waals surface area (Å²) in [7, 11) is 0. The minimum Gasteiger partial charge on any atom is -0.309 e. The molecule has 3 aromatic rings. The van der Waals surface area contributed by atoms with Crippen molar-refractivity contribution in [3.8, 4) is 11.3 Å². The summed E-state index contributed by atoms with van der Waals surface area (Å²) < 4.78 is 0. The van der Waals surface area contributed by atoms with E-state index in [1.807, 2.05) is 18.2 Å². The summed E-state index contributed by atoms with van der Waals surface area (Å²) in [6, 6.07) is 18.7. The highest BCUT2D eigenvalue weighted by molar-refractivity contribution is 5.96. The van der Waals surface area contributed by atoms with Crippen LogP contribution in [-0.2, 0) is 11.2 Å². The second kappa shape index (κ2) is 5.96. The van der Waals surface area contributed by atoms with Gasteiger partial charge in [0.2, 0.25) is 5.91 Å². The van der Waals surface area contributed by atoms with Gasteiger partial charge in [0.15, 0.2) is 5.82 Å². The van der Waals surface area contributed by atoms with Crippen molar-refractivity contribution in [2.75, 3.05) is 5.32 Å². The normalized spacial score (nSPS) is 16.5. The zero-order chi connectivity index (χ0) is 16.5. The molecule has 4 rings (SSSR count). The van der Waals surface area contributed by atoms with Gasteiger partial charge in [0.25, 0.3) is 0 Å². The van der Waals surface area contributed by atoms with E-state index in [1.54, 1.807) is 0 Å². The second-order valence-electron chi connectivity index (χ2n) is 6.13. The van der Waals surface area contributed by atoms with Crippen LogP contribution >= 0.6 is 0 Å². The van der Waals surface area contributed by atoms with E-state index in [0.717, 1.165) is 28.8 Å². The fourth-order valence-corrected chi connectivity index (χ4v) is 3.35. The molecule has 2 N–H and O–H groups in total. The van der Waals surface area contributed by atoms with Gasteiger partial charge in [-0.3, -0.25) is 9.89 Å². The number of amides is 1. The van der Waals surface area contributed by atoms with Crippen molar-refractivity contribution in [1.29, 1.82) is 0 Å². The molecule has 24 heavy (non-hydrogen) atoms. The van der Waals surface area contributed by atoms with E-state index >= 15 is 0 Å². The minimum absolute atomic E-state index is 0.0122. The lowest BCUT2D eigenvalue weighted by molar-refractivity contribution is -0.116. The molecular formula is C20H19N3O. The maximum atomic E-state index is 12.1. The number of carbonyl (C=O) groups is 1. The van der Waals surface area contributed by atoms with E-state index in [-0.39, 0.29) is 11.8 Å². The lowest BCUT2D eigenvalue weighted by Gasteiger charge is -2.23. The van der Waals surface area contributed by atoms with Crippen LogP contribution in [0, 0.1) is 0 Å². The van der Waals surface area contributed by atoms with Gasteiger partial charge in [-0.05, 0) is 23.1 Å². The molecule has 120 valence electrons. The Balaban J connectivity index is 1.83. The number of aromatic nitrogens is 2. The second-order valence-corrected chi connectivity index (χ2v) is 6.13. The molecule has 1 atom stereocenters. The highest BCUT2D eigenvalue weighted by atomic mass is 16.1. The Hall–Kier alpha value is -2.88. The third kappa shape index (κ3) is 2.50. The van der Waals surface area contributed by atoms with Gasteiger partial charge in [-0.15, -0.1) is 0 Å². The van der Waals surface area contributed by atoms with E-state index in [9.17, 15) is 4.79 Å². The maximum absolute atomic E-state index is 12.1. The molecule has 0 spiro atoms. The number of benzene rings is 2. The van der Waals surface area contributed by atoms with E-state index in [4.69, 9.17) is 0 Å². The lowest BCUT2D eigenvalue weighted by atomic mass is 9.84. The summed E-state index contributed by atoms with van der Waals surface area (Å²) in [4.78, 5) is 12.1. The highest BCUT2D eigenvalue weighted by Crippen LogP contribution is 2.41. The first kappa shape index (κ1) is 14.7. The molecule has 0 bridgehead atoms. The average molecular weight is 317 g/mol. The Bertz CT molecular complexity index is 866. The molecule has 0 fully saturated rings. The number of fused-ring (bicyclic) bond motifs is 1. The standard InChI is InChI=1S/C20H19N3O/c1-2-13-8-10-14(11-9-13)16-12-17(24)21-20-18(16)19(22-23-20)15-6-4-3-5-7-15/h3-11,16H,2,12H2,1H3,(H2,21,22,23,24)/t16-/m1/s1. The van der Waals surface area contributed by atoms with Crippen LogP contribution in [0.2, 0.25) is 0 Å². The lowest BCUT2D eigenvalue weighted by Crippen LogP contribution is -2.23. The summed E-state index contributed by atoms with van der Waals surface area (Å²) in [6.45, 7) is 2.14. The van der Waals surface area contributed by atoms with Crippen molar-refractivity contribution >= 4 is 11.7 Å². The number of aryl methyl sites for hydroxylation is 1. The fourth-order valence-electron chi connectivity index (χ4n) is 3.35. The molecular weight excluding hydrogens is 298 g/mol. The number of rotatable bonds is 3. The Kier molecular flexibility index (Phi) is 3.65. The molecule has 1 amide bonds. The van der Waals surface area contributed by atoms with Gasteiger partial charge in [0.05, 0.1) is 5.69 Å². The van der Waals surface area contributed by atoms with Crippen molar-refractivity contribution in [3.63, 3.8) is 0 Å². The number of hydrogen-bond donors (Lipinski definition) is 2. The van der Waals surface area contributed by atoms with Gasteiger partial charge in [-0.1, -0.05) is 61.5 Å². The van der Waals surface area contributed by atoms with Crippen LogP contribution in [0.4, 0.5) is 5.82 Å². The highest BCUT2D eigenvalue weighted by Gasteiger charge is 2.31. The molecule has 0 saturated carbocycles. The number of carbonyl (C=O) groups excluding carboxylic acids is 1.